The third kappa shape index (κ3) is 2.97. The van der Waals surface area contributed by atoms with Crippen molar-refractivity contribution in [1.29, 1.82) is 0 Å². The Bertz CT molecular complexity index is 464. The van der Waals surface area contributed by atoms with Gasteiger partial charge in [-0.05, 0) is 0 Å². The Labute approximate surface area is 106 Å². The fourth-order valence-corrected chi connectivity index (χ4v) is 2.51. The van der Waals surface area contributed by atoms with Gasteiger partial charge >= 0.3 is 0 Å². The predicted octanol–water partition coefficient (Wildman–Crippen LogP) is 1.75. The highest BCUT2D eigenvalue weighted by molar-refractivity contribution is 7.99. The average molecular weight is 276 g/mol. The highest BCUT2D eigenvalue weighted by Crippen LogP contribution is 2.19. The molecule has 18 heavy (non-hydrogen) atoms. The Kier molecular flexibility index (Phi) is 4.13. The van der Waals surface area contributed by atoms with E-state index < -0.39 is 29.4 Å². The Morgan fingerprint density at radius 2 is 2.00 bits per heavy atom. The molecule has 1 saturated heterocycles. The second-order valence-electron chi connectivity index (χ2n) is 3.82. The SMILES string of the molecule is O=C(Nc1cc(F)c(F)cc1F)C1CSCCN1. The van der Waals surface area contributed by atoms with E-state index in [0.29, 0.717) is 24.4 Å². The van der Waals surface area contributed by atoms with Crippen molar-refractivity contribution in [2.75, 3.05) is 23.4 Å². The van der Waals surface area contributed by atoms with E-state index in [1.54, 1.807) is 11.8 Å². The lowest BCUT2D eigenvalue weighted by molar-refractivity contribution is -0.117. The molecule has 0 aromatic heterocycles. The van der Waals surface area contributed by atoms with Gasteiger partial charge in [0.1, 0.15) is 5.82 Å². The van der Waals surface area contributed by atoms with Crippen LogP contribution in [0.5, 0.6) is 0 Å². The number of thioether (sulfide) groups is 1. The first-order valence-corrected chi connectivity index (χ1v) is 6.50. The molecule has 0 bridgehead atoms. The van der Waals surface area contributed by atoms with Gasteiger partial charge in [0.15, 0.2) is 11.6 Å². The van der Waals surface area contributed by atoms with Gasteiger partial charge in [-0.1, -0.05) is 0 Å². The first kappa shape index (κ1) is 13.2. The molecule has 1 fully saturated rings. The minimum atomic E-state index is -1.28. The van der Waals surface area contributed by atoms with Crippen molar-refractivity contribution in [1.82, 2.24) is 5.32 Å². The molecule has 1 atom stereocenters. The minimum absolute atomic E-state index is 0.351. The van der Waals surface area contributed by atoms with Crippen molar-refractivity contribution in [2.45, 2.75) is 6.04 Å². The molecule has 1 aromatic carbocycles. The van der Waals surface area contributed by atoms with Crippen LogP contribution in [-0.4, -0.2) is 30.0 Å². The number of hydrogen-bond acceptors (Lipinski definition) is 3. The molecule has 1 aliphatic heterocycles. The number of amides is 1. The van der Waals surface area contributed by atoms with Gasteiger partial charge in [0.05, 0.1) is 11.7 Å². The smallest absolute Gasteiger partial charge is 0.242 e. The molecule has 0 radical (unpaired) electrons. The van der Waals surface area contributed by atoms with Gasteiger partial charge in [-0.3, -0.25) is 4.79 Å². The molecule has 98 valence electrons. The summed E-state index contributed by atoms with van der Waals surface area (Å²) in [7, 11) is 0. The van der Waals surface area contributed by atoms with Gasteiger partial charge in [0.25, 0.3) is 0 Å². The fourth-order valence-electron chi connectivity index (χ4n) is 1.57. The topological polar surface area (TPSA) is 41.1 Å². The van der Waals surface area contributed by atoms with Gasteiger partial charge < -0.3 is 10.6 Å². The molecule has 2 N–H and O–H groups in total. The first-order valence-electron chi connectivity index (χ1n) is 5.34. The van der Waals surface area contributed by atoms with Crippen LogP contribution < -0.4 is 10.6 Å². The zero-order valence-electron chi connectivity index (χ0n) is 9.30. The molecule has 1 aromatic rings. The summed E-state index contributed by atoms with van der Waals surface area (Å²) < 4.78 is 39.0. The minimum Gasteiger partial charge on any atom is -0.322 e. The second kappa shape index (κ2) is 5.62. The van der Waals surface area contributed by atoms with Crippen LogP contribution in [-0.2, 0) is 4.79 Å². The maximum atomic E-state index is 13.3. The summed E-state index contributed by atoms with van der Waals surface area (Å²) in [5, 5.41) is 5.21. The summed E-state index contributed by atoms with van der Waals surface area (Å²) in [4.78, 5) is 11.7. The van der Waals surface area contributed by atoms with Crippen LogP contribution in [0.4, 0.5) is 18.9 Å². The van der Waals surface area contributed by atoms with E-state index in [1.807, 2.05) is 0 Å². The van der Waals surface area contributed by atoms with Crippen LogP contribution in [0, 0.1) is 17.5 Å². The molecule has 1 unspecified atom stereocenters. The molecule has 3 nitrogen and oxygen atoms in total. The van der Waals surface area contributed by atoms with E-state index in [-0.39, 0.29) is 5.69 Å². The predicted molar refractivity (Wildman–Crippen MR) is 64.1 cm³/mol. The van der Waals surface area contributed by atoms with Gasteiger partial charge in [0.2, 0.25) is 5.91 Å². The number of halogens is 3. The molecule has 0 aliphatic carbocycles. The molecule has 7 heteroatoms. The molecular formula is C11H11F3N2OS. The number of nitrogens with one attached hydrogen (secondary N) is 2. The molecule has 1 aliphatic rings. The van der Waals surface area contributed by atoms with Crippen LogP contribution in [0.3, 0.4) is 0 Å². The molecule has 0 saturated carbocycles. The van der Waals surface area contributed by atoms with E-state index >= 15 is 0 Å². The third-order valence-electron chi connectivity index (χ3n) is 2.51. The first-order chi connectivity index (χ1) is 8.58. The maximum Gasteiger partial charge on any atom is 0.242 e. The number of benzene rings is 1. The maximum absolute atomic E-state index is 13.3. The van der Waals surface area contributed by atoms with Gasteiger partial charge in [0, 0.05) is 30.2 Å². The summed E-state index contributed by atoms with van der Waals surface area (Å²) in [5.74, 6) is -2.45. The van der Waals surface area contributed by atoms with Crippen LogP contribution >= 0.6 is 11.8 Å². The molecule has 2 rings (SSSR count). The van der Waals surface area contributed by atoms with Crippen molar-refractivity contribution in [3.8, 4) is 0 Å². The summed E-state index contributed by atoms with van der Waals surface area (Å²) in [6.45, 7) is 0.684. The van der Waals surface area contributed by atoms with E-state index in [9.17, 15) is 18.0 Å². The number of carbonyl (C=O) groups is 1. The van der Waals surface area contributed by atoms with Crippen molar-refractivity contribution in [3.63, 3.8) is 0 Å². The lowest BCUT2D eigenvalue weighted by atomic mass is 10.2. The molecule has 0 spiro atoms. The largest absolute Gasteiger partial charge is 0.322 e. The van der Waals surface area contributed by atoms with Crippen molar-refractivity contribution >= 4 is 23.4 Å². The van der Waals surface area contributed by atoms with Crippen molar-refractivity contribution in [3.05, 3.63) is 29.6 Å². The number of carbonyl (C=O) groups excluding carboxylic acids is 1. The van der Waals surface area contributed by atoms with Crippen LogP contribution in [0.25, 0.3) is 0 Å². The highest BCUT2D eigenvalue weighted by Gasteiger charge is 2.22. The van der Waals surface area contributed by atoms with Crippen molar-refractivity contribution in [2.24, 2.45) is 0 Å². The normalized spacial score (nSPS) is 19.6. The van der Waals surface area contributed by atoms with Crippen molar-refractivity contribution < 1.29 is 18.0 Å². The van der Waals surface area contributed by atoms with E-state index in [4.69, 9.17) is 0 Å². The second-order valence-corrected chi connectivity index (χ2v) is 4.97. The fraction of sp³-hybridized carbons (Fsp3) is 0.364. The third-order valence-corrected chi connectivity index (χ3v) is 3.57. The van der Waals surface area contributed by atoms with E-state index in [2.05, 4.69) is 10.6 Å². The van der Waals surface area contributed by atoms with Gasteiger partial charge in [-0.25, -0.2) is 13.2 Å². The Morgan fingerprint density at radius 3 is 2.67 bits per heavy atom. The number of anilines is 1. The van der Waals surface area contributed by atoms with Gasteiger partial charge in [-0.15, -0.1) is 0 Å². The average Bonchev–Trinajstić information content (AvgIpc) is 2.37. The quantitative estimate of drug-likeness (QED) is 0.809. The Hall–Kier alpha value is -1.21. The Morgan fingerprint density at radius 1 is 1.28 bits per heavy atom. The number of rotatable bonds is 2. The number of hydrogen-bond donors (Lipinski definition) is 2. The molecule has 1 heterocycles. The van der Waals surface area contributed by atoms with Crippen LogP contribution in [0.2, 0.25) is 0 Å². The van der Waals surface area contributed by atoms with Gasteiger partial charge in [-0.2, -0.15) is 11.8 Å². The zero-order valence-corrected chi connectivity index (χ0v) is 10.1. The van der Waals surface area contributed by atoms with Crippen LogP contribution in [0.15, 0.2) is 12.1 Å². The van der Waals surface area contributed by atoms with E-state index in [0.717, 1.165) is 5.75 Å². The summed E-state index contributed by atoms with van der Waals surface area (Å²) in [6.07, 6.45) is 0. The lowest BCUT2D eigenvalue weighted by Gasteiger charge is -2.22. The highest BCUT2D eigenvalue weighted by atomic mass is 32.2. The standard InChI is InChI=1S/C11H11F3N2OS/c12-6-3-8(14)9(4-7(6)13)16-11(17)10-5-18-2-1-15-10/h3-4,10,15H,1-2,5H2,(H,16,17). The molecule has 1 amide bonds. The van der Waals surface area contributed by atoms with Crippen LogP contribution in [0.1, 0.15) is 0 Å². The molecular weight excluding hydrogens is 265 g/mol. The summed E-state index contributed by atoms with van der Waals surface area (Å²) in [6, 6.07) is 0.600. The lowest BCUT2D eigenvalue weighted by Crippen LogP contribution is -2.46. The monoisotopic (exact) mass is 276 g/mol. The zero-order chi connectivity index (χ0) is 13.1. The van der Waals surface area contributed by atoms with E-state index in [1.165, 1.54) is 0 Å². The summed E-state index contributed by atoms with van der Waals surface area (Å²) in [5.41, 5.74) is -0.351. The summed E-state index contributed by atoms with van der Waals surface area (Å²) >= 11 is 1.60. The Balaban J connectivity index is 2.08.